The summed E-state index contributed by atoms with van der Waals surface area (Å²) in [4.78, 5) is 15.4. The van der Waals surface area contributed by atoms with Gasteiger partial charge in [-0.15, -0.1) is 0 Å². The third kappa shape index (κ3) is 2.21. The molecule has 2 N–H and O–H groups in total. The van der Waals surface area contributed by atoms with E-state index in [4.69, 9.17) is 9.52 Å². The Kier molecular flexibility index (Phi) is 2.87. The predicted octanol–water partition coefficient (Wildman–Crippen LogP) is 3.58. The van der Waals surface area contributed by atoms with E-state index in [1.54, 1.807) is 25.1 Å². The van der Waals surface area contributed by atoms with Crippen molar-refractivity contribution in [3.05, 3.63) is 53.6 Å². The summed E-state index contributed by atoms with van der Waals surface area (Å²) in [5, 5.41) is 12.1. The highest BCUT2D eigenvalue weighted by Crippen LogP contribution is 2.23. The standard InChI is InChI=1S/C15H12N2O3/c1-9-6-7-10(8-11(9)14(18)19)16-15-17-12-4-2-3-5-13(12)20-15/h2-8H,1H3,(H,16,17)(H,18,19). The molecule has 0 aliphatic carbocycles. The SMILES string of the molecule is Cc1ccc(Nc2nc3ccccc3o2)cc1C(=O)O. The Morgan fingerprint density at radius 3 is 2.80 bits per heavy atom. The quantitative estimate of drug-likeness (QED) is 0.759. The Morgan fingerprint density at radius 1 is 1.25 bits per heavy atom. The van der Waals surface area contributed by atoms with Crippen LogP contribution in [0.3, 0.4) is 0 Å². The fourth-order valence-electron chi connectivity index (χ4n) is 1.98. The van der Waals surface area contributed by atoms with Crippen LogP contribution in [0.4, 0.5) is 11.7 Å². The molecule has 0 unspecified atom stereocenters. The number of para-hydroxylation sites is 2. The smallest absolute Gasteiger partial charge is 0.336 e. The molecule has 0 aliphatic heterocycles. The maximum Gasteiger partial charge on any atom is 0.336 e. The van der Waals surface area contributed by atoms with Crippen molar-refractivity contribution in [2.75, 3.05) is 5.32 Å². The number of anilines is 2. The Morgan fingerprint density at radius 2 is 2.05 bits per heavy atom. The second-order valence-corrected chi connectivity index (χ2v) is 4.45. The highest BCUT2D eigenvalue weighted by atomic mass is 16.4. The van der Waals surface area contributed by atoms with Gasteiger partial charge in [0.2, 0.25) is 0 Å². The summed E-state index contributed by atoms with van der Waals surface area (Å²) in [5.41, 5.74) is 3.02. The first-order chi connectivity index (χ1) is 9.63. The van der Waals surface area contributed by atoms with Gasteiger partial charge in [0.1, 0.15) is 5.52 Å². The molecule has 3 rings (SSSR count). The maximum atomic E-state index is 11.1. The first-order valence-electron chi connectivity index (χ1n) is 6.10. The van der Waals surface area contributed by atoms with E-state index in [2.05, 4.69) is 10.3 Å². The number of aryl methyl sites for hydroxylation is 1. The van der Waals surface area contributed by atoms with E-state index in [1.165, 1.54) is 0 Å². The molecule has 0 radical (unpaired) electrons. The Balaban J connectivity index is 1.94. The number of carbonyl (C=O) groups is 1. The Hall–Kier alpha value is -2.82. The van der Waals surface area contributed by atoms with Crippen molar-refractivity contribution in [2.24, 2.45) is 0 Å². The molecule has 0 atom stereocenters. The summed E-state index contributed by atoms with van der Waals surface area (Å²) in [6, 6.07) is 12.9. The van der Waals surface area contributed by atoms with Crippen LogP contribution >= 0.6 is 0 Å². The van der Waals surface area contributed by atoms with Gasteiger partial charge in [-0.05, 0) is 36.8 Å². The van der Waals surface area contributed by atoms with E-state index in [-0.39, 0.29) is 5.56 Å². The first kappa shape index (κ1) is 12.2. The van der Waals surface area contributed by atoms with E-state index in [0.717, 1.165) is 5.52 Å². The van der Waals surface area contributed by atoms with E-state index in [1.807, 2.05) is 24.3 Å². The molecular weight excluding hydrogens is 256 g/mol. The third-order valence-electron chi connectivity index (χ3n) is 3.01. The summed E-state index contributed by atoms with van der Waals surface area (Å²) in [7, 11) is 0. The third-order valence-corrected chi connectivity index (χ3v) is 3.01. The highest BCUT2D eigenvalue weighted by Gasteiger charge is 2.10. The number of aromatic carboxylic acids is 1. The van der Waals surface area contributed by atoms with Crippen molar-refractivity contribution in [1.82, 2.24) is 4.98 Å². The molecule has 5 nitrogen and oxygen atoms in total. The van der Waals surface area contributed by atoms with E-state index >= 15 is 0 Å². The topological polar surface area (TPSA) is 75.4 Å². The van der Waals surface area contributed by atoms with Gasteiger partial charge in [-0.1, -0.05) is 18.2 Å². The number of nitrogens with zero attached hydrogens (tertiary/aromatic N) is 1. The minimum absolute atomic E-state index is 0.256. The molecule has 0 aliphatic rings. The van der Waals surface area contributed by atoms with Crippen LogP contribution in [-0.4, -0.2) is 16.1 Å². The predicted molar refractivity (Wildman–Crippen MR) is 75.4 cm³/mol. The number of fused-ring (bicyclic) bond motifs is 1. The lowest BCUT2D eigenvalue weighted by Gasteiger charge is -2.05. The summed E-state index contributed by atoms with van der Waals surface area (Å²) >= 11 is 0. The first-order valence-corrected chi connectivity index (χ1v) is 6.10. The van der Waals surface area contributed by atoms with Crippen molar-refractivity contribution in [3.8, 4) is 0 Å². The summed E-state index contributed by atoms with van der Waals surface area (Å²) in [5.74, 6) is -0.955. The van der Waals surface area contributed by atoms with E-state index in [0.29, 0.717) is 22.8 Å². The molecule has 0 fully saturated rings. The molecule has 100 valence electrons. The zero-order chi connectivity index (χ0) is 14.1. The molecule has 0 amide bonds. The molecule has 5 heteroatoms. The van der Waals surface area contributed by atoms with Crippen LogP contribution in [0.5, 0.6) is 0 Å². The van der Waals surface area contributed by atoms with E-state index < -0.39 is 5.97 Å². The number of oxazole rings is 1. The number of benzene rings is 2. The van der Waals surface area contributed by atoms with Crippen molar-refractivity contribution < 1.29 is 14.3 Å². The van der Waals surface area contributed by atoms with Gasteiger partial charge < -0.3 is 14.8 Å². The minimum Gasteiger partial charge on any atom is -0.478 e. The normalized spacial score (nSPS) is 10.7. The molecule has 0 saturated heterocycles. The molecule has 1 aromatic heterocycles. The zero-order valence-electron chi connectivity index (χ0n) is 10.8. The monoisotopic (exact) mass is 268 g/mol. The van der Waals surface area contributed by atoms with Crippen LogP contribution in [0.2, 0.25) is 0 Å². The average molecular weight is 268 g/mol. The van der Waals surface area contributed by atoms with Gasteiger partial charge in [-0.2, -0.15) is 4.98 Å². The molecule has 0 bridgehead atoms. The molecule has 1 heterocycles. The van der Waals surface area contributed by atoms with Gasteiger partial charge in [0.15, 0.2) is 5.58 Å². The zero-order valence-corrected chi connectivity index (χ0v) is 10.8. The highest BCUT2D eigenvalue weighted by molar-refractivity contribution is 5.90. The van der Waals surface area contributed by atoms with Crippen molar-refractivity contribution in [3.63, 3.8) is 0 Å². The van der Waals surface area contributed by atoms with Gasteiger partial charge in [-0.3, -0.25) is 0 Å². The van der Waals surface area contributed by atoms with Crippen LogP contribution in [0.15, 0.2) is 46.9 Å². The molecule has 3 aromatic rings. The van der Waals surface area contributed by atoms with Gasteiger partial charge in [0.05, 0.1) is 5.56 Å². The van der Waals surface area contributed by atoms with Crippen LogP contribution in [0.1, 0.15) is 15.9 Å². The maximum absolute atomic E-state index is 11.1. The summed E-state index contributed by atoms with van der Waals surface area (Å²) in [6.07, 6.45) is 0. The second kappa shape index (κ2) is 4.70. The molecule has 2 aromatic carbocycles. The molecule has 0 spiro atoms. The minimum atomic E-state index is -0.955. The lowest BCUT2D eigenvalue weighted by molar-refractivity contribution is 0.0696. The van der Waals surface area contributed by atoms with Crippen molar-refractivity contribution in [1.29, 1.82) is 0 Å². The fraction of sp³-hybridized carbons (Fsp3) is 0.0667. The molecule has 0 saturated carbocycles. The van der Waals surface area contributed by atoms with Gasteiger partial charge >= 0.3 is 5.97 Å². The second-order valence-electron chi connectivity index (χ2n) is 4.45. The van der Waals surface area contributed by atoms with Gasteiger partial charge in [0.25, 0.3) is 6.01 Å². The fourth-order valence-corrected chi connectivity index (χ4v) is 1.98. The van der Waals surface area contributed by atoms with Crippen molar-refractivity contribution in [2.45, 2.75) is 6.92 Å². The number of nitrogens with one attached hydrogen (secondary N) is 1. The van der Waals surface area contributed by atoms with E-state index in [9.17, 15) is 4.79 Å². The van der Waals surface area contributed by atoms with Gasteiger partial charge in [-0.25, -0.2) is 4.79 Å². The average Bonchev–Trinajstić information content (AvgIpc) is 2.82. The molecular formula is C15H12N2O3. The number of hydrogen-bond donors (Lipinski definition) is 2. The lowest BCUT2D eigenvalue weighted by Crippen LogP contribution is -2.01. The number of hydrogen-bond acceptors (Lipinski definition) is 4. The van der Waals surface area contributed by atoms with Gasteiger partial charge in [0, 0.05) is 5.69 Å². The number of aromatic nitrogens is 1. The Labute approximate surface area is 114 Å². The van der Waals surface area contributed by atoms with Crippen LogP contribution in [-0.2, 0) is 0 Å². The lowest BCUT2D eigenvalue weighted by atomic mass is 10.1. The number of carboxylic acid groups (broad SMARTS) is 1. The summed E-state index contributed by atoms with van der Waals surface area (Å²) in [6.45, 7) is 1.76. The van der Waals surface area contributed by atoms with Crippen LogP contribution in [0, 0.1) is 6.92 Å². The molecule has 20 heavy (non-hydrogen) atoms. The van der Waals surface area contributed by atoms with Crippen LogP contribution in [0.25, 0.3) is 11.1 Å². The van der Waals surface area contributed by atoms with Crippen LogP contribution < -0.4 is 5.32 Å². The van der Waals surface area contributed by atoms with Crippen molar-refractivity contribution >= 4 is 28.8 Å². The number of carboxylic acids is 1. The number of rotatable bonds is 3. The summed E-state index contributed by atoms with van der Waals surface area (Å²) < 4.78 is 5.53. The Bertz CT molecular complexity index is 760. The largest absolute Gasteiger partial charge is 0.478 e.